The molecule has 1 heterocycles. The number of nitrogens with zero attached hydrogens (tertiary/aromatic N) is 1. The lowest BCUT2D eigenvalue weighted by Gasteiger charge is -2.37. The third-order valence-corrected chi connectivity index (χ3v) is 4.97. The third-order valence-electron chi connectivity index (χ3n) is 3.10. The number of amides is 1. The molecule has 3 nitrogen and oxygen atoms in total. The van der Waals surface area contributed by atoms with E-state index >= 15 is 0 Å². The second-order valence-electron chi connectivity index (χ2n) is 4.54. The zero-order valence-electron chi connectivity index (χ0n) is 10.4. The van der Waals surface area contributed by atoms with E-state index in [-0.39, 0.29) is 18.1 Å². The van der Waals surface area contributed by atoms with E-state index in [1.807, 2.05) is 30.0 Å². The molecule has 1 aromatic carbocycles. The number of carbonyl (C=O) groups excluding carboxylic acids is 1. The average Bonchev–Trinajstić information content (AvgIpc) is 2.38. The lowest BCUT2D eigenvalue weighted by molar-refractivity contribution is -0.0361. The summed E-state index contributed by atoms with van der Waals surface area (Å²) in [5.74, 6) is 0.0427. The lowest BCUT2D eigenvalue weighted by atomic mass is 10.1. The fourth-order valence-corrected chi connectivity index (χ4v) is 3.62. The van der Waals surface area contributed by atoms with Gasteiger partial charge in [0.15, 0.2) is 0 Å². The highest BCUT2D eigenvalue weighted by Gasteiger charge is 2.30. The van der Waals surface area contributed by atoms with Crippen LogP contribution in [0.4, 0.5) is 0 Å². The number of hydrogen-bond donors (Lipinski definition) is 0. The second-order valence-corrected chi connectivity index (χ2v) is 6.96. The zero-order chi connectivity index (χ0) is 14.0. The number of hydrogen-bond acceptors (Lipinski definition) is 2. The summed E-state index contributed by atoms with van der Waals surface area (Å²) >= 11 is 10.3. The lowest BCUT2D eigenvalue weighted by Crippen LogP contribution is -2.51. The van der Waals surface area contributed by atoms with E-state index in [2.05, 4.69) is 47.8 Å². The molecule has 104 valence electrons. The van der Waals surface area contributed by atoms with Crippen molar-refractivity contribution < 1.29 is 9.53 Å². The Bertz CT molecular complexity index is 481. The number of rotatable bonds is 2. The molecular weight excluding hydrogens is 442 g/mol. The van der Waals surface area contributed by atoms with E-state index in [0.29, 0.717) is 18.7 Å². The fourth-order valence-electron chi connectivity index (χ4n) is 2.01. The van der Waals surface area contributed by atoms with Gasteiger partial charge in [-0.1, -0.05) is 31.9 Å². The summed E-state index contributed by atoms with van der Waals surface area (Å²) in [6.45, 7) is 3.21. The summed E-state index contributed by atoms with van der Waals surface area (Å²) < 4.78 is 7.40. The molecule has 1 fully saturated rings. The molecule has 0 spiro atoms. The van der Waals surface area contributed by atoms with Crippen molar-refractivity contribution in [2.24, 2.45) is 0 Å². The van der Waals surface area contributed by atoms with E-state index in [1.165, 1.54) is 0 Å². The molecule has 0 bridgehead atoms. The van der Waals surface area contributed by atoms with Crippen LogP contribution in [-0.2, 0) is 4.74 Å². The molecule has 0 saturated carbocycles. The van der Waals surface area contributed by atoms with Crippen molar-refractivity contribution in [3.63, 3.8) is 0 Å². The predicted molar refractivity (Wildman–Crippen MR) is 85.9 cm³/mol. The van der Waals surface area contributed by atoms with Crippen molar-refractivity contribution in [2.75, 3.05) is 18.5 Å². The van der Waals surface area contributed by atoms with Gasteiger partial charge in [0, 0.05) is 20.8 Å². The quantitative estimate of drug-likeness (QED) is 0.634. The minimum atomic E-state index is 0.0427. The highest BCUT2D eigenvalue weighted by molar-refractivity contribution is 9.11. The number of halogens is 3. The highest BCUT2D eigenvalue weighted by Crippen LogP contribution is 2.25. The van der Waals surface area contributed by atoms with Crippen LogP contribution < -0.4 is 0 Å². The van der Waals surface area contributed by atoms with Gasteiger partial charge in [0.05, 0.1) is 24.3 Å². The minimum Gasteiger partial charge on any atom is -0.373 e. The molecule has 2 unspecified atom stereocenters. The standard InChI is InChI=1S/C13H14Br3NO2/c1-8-7-19-10(5-14)6-17(8)13(18)11-3-2-9(15)4-12(11)16/h2-4,8,10H,5-7H2,1H3. The Morgan fingerprint density at radius 1 is 1.47 bits per heavy atom. The summed E-state index contributed by atoms with van der Waals surface area (Å²) in [5, 5.41) is 0.741. The molecule has 0 aromatic heterocycles. The number of morpholine rings is 1. The maximum atomic E-state index is 12.6. The van der Waals surface area contributed by atoms with Crippen LogP contribution in [0.15, 0.2) is 27.1 Å². The second kappa shape index (κ2) is 6.70. The Labute approximate surface area is 138 Å². The fraction of sp³-hybridized carbons (Fsp3) is 0.462. The molecule has 0 radical (unpaired) electrons. The van der Waals surface area contributed by atoms with Crippen LogP contribution in [0.5, 0.6) is 0 Å². The minimum absolute atomic E-state index is 0.0427. The largest absolute Gasteiger partial charge is 0.373 e. The van der Waals surface area contributed by atoms with Crippen LogP contribution in [0.25, 0.3) is 0 Å². The molecule has 1 aliphatic rings. The molecule has 6 heteroatoms. The van der Waals surface area contributed by atoms with Crippen LogP contribution in [-0.4, -0.2) is 41.4 Å². The maximum absolute atomic E-state index is 12.6. The Hall–Kier alpha value is 0.0900. The van der Waals surface area contributed by atoms with E-state index < -0.39 is 0 Å². The highest BCUT2D eigenvalue weighted by atomic mass is 79.9. The molecule has 1 aromatic rings. The summed E-state index contributed by atoms with van der Waals surface area (Å²) in [7, 11) is 0. The van der Waals surface area contributed by atoms with Crippen molar-refractivity contribution >= 4 is 53.7 Å². The average molecular weight is 456 g/mol. The predicted octanol–water partition coefficient (Wildman–Crippen LogP) is 3.84. The van der Waals surface area contributed by atoms with Gasteiger partial charge in [0.2, 0.25) is 0 Å². The SMILES string of the molecule is CC1COC(CBr)CN1C(=O)c1ccc(Br)cc1Br. The van der Waals surface area contributed by atoms with Gasteiger partial charge in [-0.3, -0.25) is 4.79 Å². The summed E-state index contributed by atoms with van der Waals surface area (Å²) in [5.41, 5.74) is 0.685. The van der Waals surface area contributed by atoms with Gasteiger partial charge in [0.1, 0.15) is 0 Å². The molecular formula is C13H14Br3NO2. The van der Waals surface area contributed by atoms with Gasteiger partial charge in [-0.05, 0) is 41.1 Å². The van der Waals surface area contributed by atoms with E-state index in [0.717, 1.165) is 14.3 Å². The van der Waals surface area contributed by atoms with Crippen LogP contribution in [0.3, 0.4) is 0 Å². The molecule has 0 aliphatic carbocycles. The molecule has 19 heavy (non-hydrogen) atoms. The van der Waals surface area contributed by atoms with Crippen molar-refractivity contribution in [1.29, 1.82) is 0 Å². The van der Waals surface area contributed by atoms with Crippen molar-refractivity contribution in [3.8, 4) is 0 Å². The third kappa shape index (κ3) is 3.60. The maximum Gasteiger partial charge on any atom is 0.255 e. The summed E-state index contributed by atoms with van der Waals surface area (Å²) in [6, 6.07) is 5.70. The van der Waals surface area contributed by atoms with Crippen molar-refractivity contribution in [3.05, 3.63) is 32.7 Å². The van der Waals surface area contributed by atoms with E-state index in [1.54, 1.807) is 0 Å². The zero-order valence-corrected chi connectivity index (χ0v) is 15.2. The number of benzene rings is 1. The number of alkyl halides is 1. The molecule has 1 aliphatic heterocycles. The first kappa shape index (κ1) is 15.5. The van der Waals surface area contributed by atoms with Gasteiger partial charge >= 0.3 is 0 Å². The van der Waals surface area contributed by atoms with Crippen LogP contribution in [0.1, 0.15) is 17.3 Å². The normalized spacial score (nSPS) is 23.5. The van der Waals surface area contributed by atoms with Crippen LogP contribution in [0, 0.1) is 0 Å². The van der Waals surface area contributed by atoms with Gasteiger partial charge < -0.3 is 9.64 Å². The van der Waals surface area contributed by atoms with Crippen LogP contribution in [0.2, 0.25) is 0 Å². The smallest absolute Gasteiger partial charge is 0.255 e. The number of carbonyl (C=O) groups is 1. The van der Waals surface area contributed by atoms with Crippen molar-refractivity contribution in [1.82, 2.24) is 4.90 Å². The molecule has 2 atom stereocenters. The van der Waals surface area contributed by atoms with Gasteiger partial charge in [-0.2, -0.15) is 0 Å². The van der Waals surface area contributed by atoms with Crippen molar-refractivity contribution in [2.45, 2.75) is 19.1 Å². The summed E-state index contributed by atoms with van der Waals surface area (Å²) in [4.78, 5) is 14.5. The molecule has 0 N–H and O–H groups in total. The Morgan fingerprint density at radius 3 is 2.84 bits per heavy atom. The molecule has 1 amide bonds. The Kier molecular flexibility index (Phi) is 5.45. The monoisotopic (exact) mass is 453 g/mol. The van der Waals surface area contributed by atoms with Crippen LogP contribution >= 0.6 is 47.8 Å². The topological polar surface area (TPSA) is 29.5 Å². The molecule has 1 saturated heterocycles. The first-order valence-corrected chi connectivity index (χ1v) is 8.67. The number of ether oxygens (including phenoxy) is 1. The summed E-state index contributed by atoms with van der Waals surface area (Å²) in [6.07, 6.45) is 0.0642. The Morgan fingerprint density at radius 2 is 2.21 bits per heavy atom. The Balaban J connectivity index is 2.22. The first-order chi connectivity index (χ1) is 9.02. The van der Waals surface area contributed by atoms with Gasteiger partial charge in [0.25, 0.3) is 5.91 Å². The molecule has 2 rings (SSSR count). The van der Waals surface area contributed by atoms with Gasteiger partial charge in [-0.25, -0.2) is 0 Å². The van der Waals surface area contributed by atoms with E-state index in [4.69, 9.17) is 4.74 Å². The first-order valence-electron chi connectivity index (χ1n) is 5.96. The van der Waals surface area contributed by atoms with E-state index in [9.17, 15) is 4.79 Å². The van der Waals surface area contributed by atoms with Gasteiger partial charge in [-0.15, -0.1) is 0 Å².